The van der Waals surface area contributed by atoms with E-state index in [0.29, 0.717) is 23.8 Å². The van der Waals surface area contributed by atoms with Gasteiger partial charge in [-0.05, 0) is 48.4 Å². The summed E-state index contributed by atoms with van der Waals surface area (Å²) in [5.74, 6) is 0.507. The van der Waals surface area contributed by atoms with E-state index in [2.05, 4.69) is 58.3 Å². The summed E-state index contributed by atoms with van der Waals surface area (Å²) in [5.41, 5.74) is 12.8. The summed E-state index contributed by atoms with van der Waals surface area (Å²) < 4.78 is 6.85. The van der Waals surface area contributed by atoms with Gasteiger partial charge >= 0.3 is 6.09 Å². The highest BCUT2D eigenvalue weighted by Crippen LogP contribution is 2.32. The predicted octanol–water partition coefficient (Wildman–Crippen LogP) is 5.14. The summed E-state index contributed by atoms with van der Waals surface area (Å²) in [5, 5.41) is 7.32. The lowest BCUT2D eigenvalue weighted by Gasteiger charge is -2.35. The van der Waals surface area contributed by atoms with Crippen LogP contribution in [0.1, 0.15) is 26.7 Å². The molecule has 1 fully saturated rings. The predicted molar refractivity (Wildman–Crippen MR) is 152 cm³/mol. The van der Waals surface area contributed by atoms with Gasteiger partial charge in [0.05, 0.1) is 12.8 Å². The summed E-state index contributed by atoms with van der Waals surface area (Å²) in [4.78, 5) is 21.6. The maximum absolute atomic E-state index is 11.9. The number of fused-ring (bicyclic) bond motifs is 1. The highest BCUT2D eigenvalue weighted by Gasteiger charge is 2.18. The van der Waals surface area contributed by atoms with Gasteiger partial charge in [-0.1, -0.05) is 44.5 Å². The Morgan fingerprint density at radius 3 is 2.53 bits per heavy atom. The first-order valence-electron chi connectivity index (χ1n) is 13.3. The van der Waals surface area contributed by atoms with Gasteiger partial charge in [0, 0.05) is 54.9 Å². The van der Waals surface area contributed by atoms with Crippen LogP contribution >= 0.6 is 0 Å². The van der Waals surface area contributed by atoms with Crippen molar-refractivity contribution in [2.75, 3.05) is 55.3 Å². The van der Waals surface area contributed by atoms with Crippen molar-refractivity contribution in [3.8, 4) is 22.3 Å². The molecule has 0 spiro atoms. The second-order valence-electron chi connectivity index (χ2n) is 9.51. The van der Waals surface area contributed by atoms with Gasteiger partial charge in [-0.15, -0.1) is 0 Å². The van der Waals surface area contributed by atoms with Crippen LogP contribution in [0.5, 0.6) is 0 Å². The molecule has 9 heteroatoms. The van der Waals surface area contributed by atoms with E-state index in [0.717, 1.165) is 67.8 Å². The second kappa shape index (κ2) is 11.5. The monoisotopic (exact) mass is 513 g/mol. The maximum atomic E-state index is 11.9. The molecule has 3 heterocycles. The Kier molecular flexibility index (Phi) is 7.74. The molecule has 0 saturated carbocycles. The second-order valence-corrected chi connectivity index (χ2v) is 9.51. The smallest absolute Gasteiger partial charge is 0.411 e. The minimum atomic E-state index is -0.454. The summed E-state index contributed by atoms with van der Waals surface area (Å²) in [6, 6.07) is 16.0. The fourth-order valence-electron chi connectivity index (χ4n) is 4.76. The van der Waals surface area contributed by atoms with E-state index < -0.39 is 6.09 Å². The molecule has 4 aromatic rings. The molecule has 1 amide bonds. The zero-order chi connectivity index (χ0) is 26.5. The zero-order valence-corrected chi connectivity index (χ0v) is 22.1. The molecule has 0 bridgehead atoms. The van der Waals surface area contributed by atoms with Gasteiger partial charge in [-0.3, -0.25) is 5.32 Å². The maximum Gasteiger partial charge on any atom is 0.411 e. The largest absolute Gasteiger partial charge is 0.449 e. The topological polar surface area (TPSA) is 101 Å². The number of amides is 1. The summed E-state index contributed by atoms with van der Waals surface area (Å²) in [7, 11) is 0. The van der Waals surface area contributed by atoms with Crippen LogP contribution in [0.3, 0.4) is 0 Å². The minimum absolute atomic E-state index is 0.411. The number of nitrogens with one attached hydrogen (secondary N) is 1. The summed E-state index contributed by atoms with van der Waals surface area (Å²) >= 11 is 0. The van der Waals surface area contributed by atoms with E-state index in [1.54, 1.807) is 10.7 Å². The lowest BCUT2D eigenvalue weighted by atomic mass is 10.1. The number of hydrogen-bond donors (Lipinski definition) is 2. The highest BCUT2D eigenvalue weighted by atomic mass is 16.5. The molecule has 198 valence electrons. The fourth-order valence-corrected chi connectivity index (χ4v) is 4.76. The number of nitrogen functional groups attached to an aromatic ring is 1. The Labute approximate surface area is 223 Å². The molecule has 0 aliphatic carbocycles. The Balaban J connectivity index is 1.34. The first kappa shape index (κ1) is 25.5. The van der Waals surface area contributed by atoms with E-state index >= 15 is 0 Å². The third-order valence-corrected chi connectivity index (χ3v) is 7.08. The molecule has 0 atom stereocenters. The normalized spacial score (nSPS) is 14.1. The summed E-state index contributed by atoms with van der Waals surface area (Å²) in [6.45, 7) is 9.98. The Morgan fingerprint density at radius 2 is 1.79 bits per heavy atom. The van der Waals surface area contributed by atoms with E-state index in [1.165, 1.54) is 5.69 Å². The Hall–Kier alpha value is -4.11. The molecule has 3 N–H and O–H groups in total. The van der Waals surface area contributed by atoms with Gasteiger partial charge in [0.25, 0.3) is 0 Å². The molecule has 2 aromatic heterocycles. The Morgan fingerprint density at radius 1 is 1.00 bits per heavy atom. The lowest BCUT2D eigenvalue weighted by Crippen LogP contribution is -2.46. The SMILES string of the molecule is CCCCOC(=O)Nc1ccc(-c2cnc3c(-c4cccc(N5CCN(CC)CC5)c4)cnn3c2N)cc1. The van der Waals surface area contributed by atoms with Crippen molar-refractivity contribution in [2.45, 2.75) is 26.7 Å². The van der Waals surface area contributed by atoms with Crippen molar-refractivity contribution < 1.29 is 9.53 Å². The number of unbranched alkanes of at least 4 members (excludes halogenated alkanes) is 1. The molecule has 1 aliphatic rings. The number of ether oxygens (including phenoxy) is 1. The average molecular weight is 514 g/mol. The zero-order valence-electron chi connectivity index (χ0n) is 22.1. The number of aromatic nitrogens is 3. The van der Waals surface area contributed by atoms with Gasteiger partial charge in [0.2, 0.25) is 0 Å². The van der Waals surface area contributed by atoms with Crippen LogP contribution in [-0.2, 0) is 4.74 Å². The molecule has 1 saturated heterocycles. The Bertz CT molecular complexity index is 1390. The van der Waals surface area contributed by atoms with Gasteiger partial charge in [-0.2, -0.15) is 9.61 Å². The number of anilines is 3. The summed E-state index contributed by atoms with van der Waals surface area (Å²) in [6.07, 6.45) is 4.98. The molecular weight excluding hydrogens is 478 g/mol. The number of hydrogen-bond acceptors (Lipinski definition) is 7. The van der Waals surface area contributed by atoms with Crippen molar-refractivity contribution in [1.82, 2.24) is 19.5 Å². The fraction of sp³-hybridized carbons (Fsp3) is 0.345. The highest BCUT2D eigenvalue weighted by molar-refractivity contribution is 5.86. The van der Waals surface area contributed by atoms with Crippen LogP contribution in [0.15, 0.2) is 60.9 Å². The van der Waals surface area contributed by atoms with E-state index in [9.17, 15) is 4.79 Å². The number of piperazine rings is 1. The van der Waals surface area contributed by atoms with Crippen LogP contribution in [-0.4, -0.2) is 64.9 Å². The van der Waals surface area contributed by atoms with E-state index in [1.807, 2.05) is 30.5 Å². The quantitative estimate of drug-likeness (QED) is 0.315. The molecule has 38 heavy (non-hydrogen) atoms. The molecule has 5 rings (SSSR count). The molecule has 0 radical (unpaired) electrons. The van der Waals surface area contributed by atoms with Crippen LogP contribution in [0, 0.1) is 0 Å². The van der Waals surface area contributed by atoms with Crippen molar-refractivity contribution in [3.63, 3.8) is 0 Å². The van der Waals surface area contributed by atoms with Crippen molar-refractivity contribution in [2.24, 2.45) is 0 Å². The van der Waals surface area contributed by atoms with Gasteiger partial charge in [0.15, 0.2) is 5.65 Å². The van der Waals surface area contributed by atoms with Crippen LogP contribution in [0.25, 0.3) is 27.9 Å². The van der Waals surface area contributed by atoms with Crippen molar-refractivity contribution >= 4 is 28.9 Å². The number of benzene rings is 2. The third-order valence-electron chi connectivity index (χ3n) is 7.08. The van der Waals surface area contributed by atoms with E-state index in [-0.39, 0.29) is 0 Å². The number of carbonyl (C=O) groups excluding carboxylic acids is 1. The molecular formula is C29H35N7O2. The number of nitrogens with two attached hydrogens (primary N) is 1. The van der Waals surface area contributed by atoms with Crippen molar-refractivity contribution in [3.05, 3.63) is 60.9 Å². The van der Waals surface area contributed by atoms with Gasteiger partial charge in [-0.25, -0.2) is 9.78 Å². The standard InChI is InChI=1S/C29H35N7O2/c1-3-5-17-38-29(37)33-23-11-9-21(10-12-23)25-19-31-28-26(20-32-36(28)27(25)30)22-7-6-8-24(18-22)35-15-13-34(4-2)14-16-35/h6-12,18-20H,3-5,13-17,30H2,1-2H3,(H,33,37). The van der Waals surface area contributed by atoms with Crippen LogP contribution < -0.4 is 16.0 Å². The van der Waals surface area contributed by atoms with Crippen molar-refractivity contribution in [1.29, 1.82) is 0 Å². The van der Waals surface area contributed by atoms with Gasteiger partial charge < -0.3 is 20.3 Å². The first-order chi connectivity index (χ1) is 18.6. The van der Waals surface area contributed by atoms with Crippen LogP contribution in [0.2, 0.25) is 0 Å². The first-order valence-corrected chi connectivity index (χ1v) is 13.3. The minimum Gasteiger partial charge on any atom is -0.449 e. The molecule has 1 aliphatic heterocycles. The average Bonchev–Trinajstić information content (AvgIpc) is 3.39. The number of nitrogens with zero attached hydrogens (tertiary/aromatic N) is 5. The lowest BCUT2D eigenvalue weighted by molar-refractivity contribution is 0.160. The third kappa shape index (κ3) is 5.43. The number of likely N-dealkylation sites (N-methyl/N-ethyl adjacent to an activating group) is 1. The molecule has 2 aromatic carbocycles. The molecule has 9 nitrogen and oxygen atoms in total. The molecule has 0 unspecified atom stereocenters. The number of rotatable bonds is 8. The van der Waals surface area contributed by atoms with E-state index in [4.69, 9.17) is 15.5 Å². The number of carbonyl (C=O) groups is 1. The van der Waals surface area contributed by atoms with Gasteiger partial charge in [0.1, 0.15) is 5.82 Å². The van der Waals surface area contributed by atoms with Crippen LogP contribution in [0.4, 0.5) is 22.0 Å².